The van der Waals surface area contributed by atoms with Crippen molar-refractivity contribution in [1.29, 1.82) is 0 Å². The normalized spacial score (nSPS) is 10.5. The van der Waals surface area contributed by atoms with Gasteiger partial charge in [0.1, 0.15) is 0 Å². The highest BCUT2D eigenvalue weighted by atomic mass is 32.2. The van der Waals surface area contributed by atoms with Crippen LogP contribution in [0, 0.1) is 0 Å². The number of carbonyl (C=O) groups excluding carboxylic acids is 1. The third kappa shape index (κ3) is 4.22. The monoisotopic (exact) mass is 354 g/mol. The molecule has 3 rings (SSSR count). The number of hydrogen-bond donors (Lipinski definition) is 2. The molecule has 23 heavy (non-hydrogen) atoms. The van der Waals surface area contributed by atoms with E-state index in [0.29, 0.717) is 11.1 Å². The minimum absolute atomic E-state index is 0.0225. The molecule has 0 aromatic heterocycles. The Morgan fingerprint density at radius 3 is 1.43 bits per heavy atom. The van der Waals surface area contributed by atoms with Crippen LogP contribution in [0.1, 0.15) is 15.9 Å². The van der Waals surface area contributed by atoms with Crippen LogP contribution in [0.4, 0.5) is 0 Å². The first-order valence-electron chi connectivity index (χ1n) is 7.02. The second-order valence-electron chi connectivity index (χ2n) is 5.00. The van der Waals surface area contributed by atoms with Crippen LogP contribution in [0.2, 0.25) is 0 Å². The lowest BCUT2D eigenvalue weighted by molar-refractivity contribution is 0.103. The highest BCUT2D eigenvalue weighted by molar-refractivity contribution is 7.99. The van der Waals surface area contributed by atoms with Crippen molar-refractivity contribution in [3.8, 4) is 0 Å². The second-order valence-corrected chi connectivity index (χ2v) is 7.18. The number of benzene rings is 3. The maximum absolute atomic E-state index is 12.4. The zero-order chi connectivity index (χ0) is 16.2. The van der Waals surface area contributed by atoms with Gasteiger partial charge in [0.05, 0.1) is 0 Å². The van der Waals surface area contributed by atoms with Gasteiger partial charge in [-0.2, -0.15) is 0 Å². The lowest BCUT2D eigenvalue weighted by atomic mass is 10.0. The van der Waals surface area contributed by atoms with Crippen molar-refractivity contribution in [3.05, 3.63) is 83.9 Å². The summed E-state index contributed by atoms with van der Waals surface area (Å²) in [4.78, 5) is 16.5. The van der Waals surface area contributed by atoms with Gasteiger partial charge in [0.25, 0.3) is 0 Å². The Labute approximate surface area is 151 Å². The van der Waals surface area contributed by atoms with Gasteiger partial charge >= 0.3 is 0 Å². The van der Waals surface area contributed by atoms with Crippen LogP contribution in [0.15, 0.2) is 92.4 Å². The van der Waals surface area contributed by atoms with Crippen molar-refractivity contribution in [2.75, 3.05) is 0 Å². The summed E-state index contributed by atoms with van der Waals surface area (Å²) in [5.74, 6) is 0.0225. The summed E-state index contributed by atoms with van der Waals surface area (Å²) in [5, 5.41) is 0. The van der Waals surface area contributed by atoms with E-state index in [1.807, 2.05) is 60.7 Å². The van der Waals surface area contributed by atoms with Gasteiger partial charge in [-0.05, 0) is 72.8 Å². The Kier molecular flexibility index (Phi) is 5.16. The van der Waals surface area contributed by atoms with Gasteiger partial charge in [0.15, 0.2) is 5.78 Å². The SMILES string of the molecule is O=C(c1ccc(S)cc1)c1ccc(Sc2ccc(S)cc2)cc1. The van der Waals surface area contributed by atoms with Gasteiger partial charge in [-0.3, -0.25) is 4.79 Å². The number of hydrogen-bond acceptors (Lipinski definition) is 4. The van der Waals surface area contributed by atoms with E-state index in [-0.39, 0.29) is 5.78 Å². The van der Waals surface area contributed by atoms with Gasteiger partial charge in [-0.1, -0.05) is 11.8 Å². The maximum Gasteiger partial charge on any atom is 0.193 e. The number of ketones is 1. The fourth-order valence-corrected chi connectivity index (χ4v) is 3.22. The quantitative estimate of drug-likeness (QED) is 0.466. The maximum atomic E-state index is 12.4. The van der Waals surface area contributed by atoms with Crippen molar-refractivity contribution in [2.24, 2.45) is 0 Å². The number of carbonyl (C=O) groups is 1. The van der Waals surface area contributed by atoms with Gasteiger partial charge in [0.2, 0.25) is 0 Å². The Hall–Kier alpha value is -1.62. The van der Waals surface area contributed by atoms with Crippen LogP contribution in [0.25, 0.3) is 0 Å². The van der Waals surface area contributed by atoms with Crippen LogP contribution in [-0.4, -0.2) is 5.78 Å². The summed E-state index contributed by atoms with van der Waals surface area (Å²) in [6, 6.07) is 22.9. The molecule has 0 saturated carbocycles. The molecular weight excluding hydrogens is 340 g/mol. The molecule has 0 fully saturated rings. The largest absolute Gasteiger partial charge is 0.289 e. The van der Waals surface area contributed by atoms with E-state index in [0.717, 1.165) is 19.6 Å². The van der Waals surface area contributed by atoms with Crippen molar-refractivity contribution in [2.45, 2.75) is 19.6 Å². The summed E-state index contributed by atoms with van der Waals surface area (Å²) >= 11 is 10.2. The van der Waals surface area contributed by atoms with Gasteiger partial charge in [0, 0.05) is 30.7 Å². The van der Waals surface area contributed by atoms with Gasteiger partial charge in [-0.25, -0.2) is 0 Å². The molecular formula is C19H14OS3. The number of rotatable bonds is 4. The molecule has 0 bridgehead atoms. The fourth-order valence-electron chi connectivity index (χ4n) is 2.10. The summed E-state index contributed by atoms with van der Waals surface area (Å²) in [6.07, 6.45) is 0. The van der Waals surface area contributed by atoms with E-state index in [4.69, 9.17) is 0 Å². The zero-order valence-electron chi connectivity index (χ0n) is 12.1. The molecule has 0 amide bonds. The Morgan fingerprint density at radius 2 is 0.957 bits per heavy atom. The van der Waals surface area contributed by atoms with E-state index in [1.54, 1.807) is 23.9 Å². The van der Waals surface area contributed by atoms with E-state index in [2.05, 4.69) is 25.3 Å². The summed E-state index contributed by atoms with van der Waals surface area (Å²) in [6.45, 7) is 0. The molecule has 0 unspecified atom stereocenters. The highest BCUT2D eigenvalue weighted by Gasteiger charge is 2.09. The lowest BCUT2D eigenvalue weighted by Gasteiger charge is -2.05. The smallest absolute Gasteiger partial charge is 0.193 e. The average Bonchev–Trinajstić information content (AvgIpc) is 2.58. The Morgan fingerprint density at radius 1 is 0.609 bits per heavy atom. The molecule has 0 aliphatic heterocycles. The van der Waals surface area contributed by atoms with Crippen LogP contribution in [0.5, 0.6) is 0 Å². The van der Waals surface area contributed by atoms with Gasteiger partial charge in [-0.15, -0.1) is 25.3 Å². The third-order valence-electron chi connectivity index (χ3n) is 3.32. The lowest BCUT2D eigenvalue weighted by Crippen LogP contribution is -2.00. The fraction of sp³-hybridized carbons (Fsp3) is 0. The van der Waals surface area contributed by atoms with Crippen molar-refractivity contribution < 1.29 is 4.79 Å². The molecule has 3 aromatic rings. The van der Waals surface area contributed by atoms with E-state index >= 15 is 0 Å². The highest BCUT2D eigenvalue weighted by Crippen LogP contribution is 2.28. The standard InChI is InChI=1S/C19H14OS3/c20-19(13-1-5-15(21)6-2-13)14-3-9-17(10-4-14)23-18-11-7-16(22)8-12-18/h1-12,21-22H. The van der Waals surface area contributed by atoms with Crippen LogP contribution in [0.3, 0.4) is 0 Å². The predicted molar refractivity (Wildman–Crippen MR) is 101 cm³/mol. The molecule has 0 N–H and O–H groups in total. The number of thiol groups is 2. The van der Waals surface area contributed by atoms with E-state index in [9.17, 15) is 4.79 Å². The molecule has 1 nitrogen and oxygen atoms in total. The first kappa shape index (κ1) is 16.2. The van der Waals surface area contributed by atoms with E-state index < -0.39 is 0 Å². The molecule has 0 radical (unpaired) electrons. The third-order valence-corrected chi connectivity index (χ3v) is 4.93. The first-order chi connectivity index (χ1) is 11.1. The summed E-state index contributed by atoms with van der Waals surface area (Å²) < 4.78 is 0. The predicted octanol–water partition coefficient (Wildman–Crippen LogP) is 5.65. The molecule has 0 atom stereocenters. The molecule has 4 heteroatoms. The topological polar surface area (TPSA) is 17.1 Å². The van der Waals surface area contributed by atoms with Crippen molar-refractivity contribution in [3.63, 3.8) is 0 Å². The summed E-state index contributed by atoms with van der Waals surface area (Å²) in [7, 11) is 0. The molecule has 0 saturated heterocycles. The molecule has 3 aromatic carbocycles. The first-order valence-corrected chi connectivity index (χ1v) is 8.73. The van der Waals surface area contributed by atoms with Crippen LogP contribution in [-0.2, 0) is 0 Å². The van der Waals surface area contributed by atoms with Crippen LogP contribution >= 0.6 is 37.0 Å². The van der Waals surface area contributed by atoms with Crippen molar-refractivity contribution >= 4 is 42.8 Å². The van der Waals surface area contributed by atoms with E-state index in [1.165, 1.54) is 0 Å². The van der Waals surface area contributed by atoms with Gasteiger partial charge < -0.3 is 0 Å². The molecule has 0 spiro atoms. The Balaban J connectivity index is 1.75. The summed E-state index contributed by atoms with van der Waals surface area (Å²) in [5.41, 5.74) is 1.36. The molecule has 114 valence electrons. The average molecular weight is 355 g/mol. The second kappa shape index (κ2) is 7.30. The van der Waals surface area contributed by atoms with Crippen molar-refractivity contribution in [1.82, 2.24) is 0 Å². The zero-order valence-corrected chi connectivity index (χ0v) is 14.7. The molecule has 0 aliphatic rings. The minimum atomic E-state index is 0.0225. The molecule has 0 aliphatic carbocycles. The van der Waals surface area contributed by atoms with Crippen LogP contribution < -0.4 is 0 Å². The Bertz CT molecular complexity index is 807. The minimum Gasteiger partial charge on any atom is -0.289 e. The molecule has 0 heterocycles.